The molecule has 5 rings (SSSR count). The standard InChI is InChI=1S/C27H32ClN5O5/c1-2-38-27(35)31-12-10-30(11-13-31)26(34)23-16-20-15-22(33(36)37)7-8-24(20)32-14-9-29(18-25(23)32)17-19-3-5-21(28)6-4-19/h3-8,15,23,25H,2,9-14,16-18H2,1H3/t23-,25+/m0/s1. The Labute approximate surface area is 226 Å². The molecule has 3 aliphatic rings. The Kier molecular flexibility index (Phi) is 7.71. The van der Waals surface area contributed by atoms with Crippen LogP contribution in [-0.2, 0) is 22.5 Å². The highest BCUT2D eigenvalue weighted by atomic mass is 35.5. The number of rotatable bonds is 5. The maximum absolute atomic E-state index is 13.9. The number of hydrogen-bond donors (Lipinski definition) is 0. The van der Waals surface area contributed by atoms with E-state index in [-0.39, 0.29) is 34.6 Å². The van der Waals surface area contributed by atoms with Gasteiger partial charge in [-0.15, -0.1) is 0 Å². The third-order valence-corrected chi connectivity index (χ3v) is 8.00. The van der Waals surface area contributed by atoms with Gasteiger partial charge in [-0.3, -0.25) is 19.8 Å². The fourth-order valence-electron chi connectivity index (χ4n) is 5.82. The van der Waals surface area contributed by atoms with E-state index in [9.17, 15) is 19.7 Å². The molecule has 2 aromatic carbocycles. The van der Waals surface area contributed by atoms with Gasteiger partial charge >= 0.3 is 6.09 Å². The summed E-state index contributed by atoms with van der Waals surface area (Å²) in [6.45, 7) is 6.83. The van der Waals surface area contributed by atoms with Gasteiger partial charge in [0.1, 0.15) is 0 Å². The van der Waals surface area contributed by atoms with Crippen molar-refractivity contribution in [3.63, 3.8) is 0 Å². The minimum absolute atomic E-state index is 0.0361. The maximum atomic E-state index is 13.9. The molecule has 0 saturated carbocycles. The molecule has 0 spiro atoms. The zero-order chi connectivity index (χ0) is 26.8. The molecule has 0 radical (unpaired) electrons. The summed E-state index contributed by atoms with van der Waals surface area (Å²) >= 11 is 6.06. The number of carbonyl (C=O) groups is 2. The van der Waals surface area contributed by atoms with Gasteiger partial charge in [-0.1, -0.05) is 23.7 Å². The van der Waals surface area contributed by atoms with Crippen molar-refractivity contribution in [1.29, 1.82) is 0 Å². The number of non-ortho nitro benzene ring substituents is 1. The van der Waals surface area contributed by atoms with E-state index in [1.807, 2.05) is 35.2 Å². The molecule has 2 saturated heterocycles. The third-order valence-electron chi connectivity index (χ3n) is 7.74. The van der Waals surface area contributed by atoms with Crippen LogP contribution in [0.15, 0.2) is 42.5 Å². The van der Waals surface area contributed by atoms with Crippen molar-refractivity contribution in [3.05, 3.63) is 68.7 Å². The summed E-state index contributed by atoms with van der Waals surface area (Å²) in [6, 6.07) is 12.8. The number of nitro groups is 1. The zero-order valence-electron chi connectivity index (χ0n) is 21.4. The Hall–Kier alpha value is -3.37. The van der Waals surface area contributed by atoms with Crippen molar-refractivity contribution in [1.82, 2.24) is 14.7 Å². The number of hydrogen-bond acceptors (Lipinski definition) is 7. The van der Waals surface area contributed by atoms with E-state index in [0.29, 0.717) is 50.8 Å². The highest BCUT2D eigenvalue weighted by Crippen LogP contribution is 2.39. The van der Waals surface area contributed by atoms with Crippen molar-refractivity contribution in [2.75, 3.05) is 57.3 Å². The van der Waals surface area contributed by atoms with Gasteiger partial charge in [-0.25, -0.2) is 4.79 Å². The van der Waals surface area contributed by atoms with Gasteiger partial charge < -0.3 is 19.4 Å². The van der Waals surface area contributed by atoms with Crippen LogP contribution in [0, 0.1) is 16.0 Å². The lowest BCUT2D eigenvalue weighted by Crippen LogP contribution is -2.62. The number of nitro benzene ring substituents is 1. The Morgan fingerprint density at radius 1 is 1.03 bits per heavy atom. The number of benzene rings is 2. The summed E-state index contributed by atoms with van der Waals surface area (Å²) in [5, 5.41) is 12.2. The first-order chi connectivity index (χ1) is 18.3. The van der Waals surface area contributed by atoms with Crippen LogP contribution in [0.3, 0.4) is 0 Å². The molecular formula is C27H32ClN5O5. The molecule has 3 aliphatic heterocycles. The summed E-state index contributed by atoms with van der Waals surface area (Å²) in [7, 11) is 0. The van der Waals surface area contributed by atoms with Crippen LogP contribution in [0.4, 0.5) is 16.2 Å². The van der Waals surface area contributed by atoms with Crippen LogP contribution in [0.1, 0.15) is 18.1 Å². The molecule has 202 valence electrons. The average Bonchev–Trinajstić information content (AvgIpc) is 2.93. The first kappa shape index (κ1) is 26.2. The SMILES string of the molecule is CCOC(=O)N1CCN(C(=O)[C@H]2Cc3cc([N+](=O)[O-])ccc3N3CCN(Cc4ccc(Cl)cc4)C[C@H]23)CC1. The fourth-order valence-corrected chi connectivity index (χ4v) is 5.94. The molecule has 38 heavy (non-hydrogen) atoms. The summed E-state index contributed by atoms with van der Waals surface area (Å²) in [5.41, 5.74) is 3.01. The first-order valence-corrected chi connectivity index (χ1v) is 13.4. The van der Waals surface area contributed by atoms with Crippen molar-refractivity contribution < 1.29 is 19.2 Å². The van der Waals surface area contributed by atoms with Crippen LogP contribution in [0.5, 0.6) is 0 Å². The third kappa shape index (κ3) is 5.42. The highest BCUT2D eigenvalue weighted by Gasteiger charge is 2.43. The van der Waals surface area contributed by atoms with Crippen molar-refractivity contribution in [2.45, 2.75) is 25.9 Å². The number of halogens is 1. The fraction of sp³-hybridized carbons (Fsp3) is 0.481. The Morgan fingerprint density at radius 3 is 2.42 bits per heavy atom. The molecule has 0 unspecified atom stereocenters. The molecule has 2 aromatic rings. The topological polar surface area (TPSA) is 99.5 Å². The number of nitrogens with zero attached hydrogens (tertiary/aromatic N) is 5. The molecule has 0 bridgehead atoms. The highest BCUT2D eigenvalue weighted by molar-refractivity contribution is 6.30. The summed E-state index contributed by atoms with van der Waals surface area (Å²) in [6.07, 6.45) is 0.0963. The average molecular weight is 542 g/mol. The smallest absolute Gasteiger partial charge is 0.409 e. The molecule has 0 aliphatic carbocycles. The predicted molar refractivity (Wildman–Crippen MR) is 143 cm³/mol. The number of amides is 2. The largest absolute Gasteiger partial charge is 0.450 e. The molecule has 0 N–H and O–H groups in total. The molecule has 2 atom stereocenters. The molecule has 0 aromatic heterocycles. The van der Waals surface area contributed by atoms with Crippen molar-refractivity contribution >= 4 is 35.0 Å². The van der Waals surface area contributed by atoms with E-state index >= 15 is 0 Å². The number of anilines is 1. The van der Waals surface area contributed by atoms with Crippen LogP contribution in [-0.4, -0.2) is 90.1 Å². The second kappa shape index (κ2) is 11.2. The maximum Gasteiger partial charge on any atom is 0.409 e. The summed E-state index contributed by atoms with van der Waals surface area (Å²) in [5.74, 6) is -0.305. The second-order valence-corrected chi connectivity index (χ2v) is 10.5. The lowest BCUT2D eigenvalue weighted by molar-refractivity contribution is -0.384. The summed E-state index contributed by atoms with van der Waals surface area (Å²) < 4.78 is 5.11. The van der Waals surface area contributed by atoms with E-state index in [1.165, 1.54) is 0 Å². The van der Waals surface area contributed by atoms with E-state index in [0.717, 1.165) is 36.4 Å². The lowest BCUT2D eigenvalue weighted by Gasteiger charge is -2.50. The Bertz CT molecular complexity index is 1200. The predicted octanol–water partition coefficient (Wildman–Crippen LogP) is 3.41. The molecular weight excluding hydrogens is 510 g/mol. The van der Waals surface area contributed by atoms with Crippen LogP contribution in [0.25, 0.3) is 0 Å². The number of piperazine rings is 2. The lowest BCUT2D eigenvalue weighted by atomic mass is 9.82. The monoisotopic (exact) mass is 541 g/mol. The number of carbonyl (C=O) groups excluding carboxylic acids is 2. The number of ether oxygens (including phenoxy) is 1. The molecule has 2 fully saturated rings. The molecule has 11 heteroatoms. The van der Waals surface area contributed by atoms with Gasteiger partial charge in [0, 0.05) is 75.2 Å². The minimum atomic E-state index is -0.387. The van der Waals surface area contributed by atoms with E-state index in [4.69, 9.17) is 16.3 Å². The van der Waals surface area contributed by atoms with Crippen LogP contribution in [0.2, 0.25) is 5.02 Å². The van der Waals surface area contributed by atoms with Crippen molar-refractivity contribution in [3.8, 4) is 0 Å². The van der Waals surface area contributed by atoms with E-state index in [1.54, 1.807) is 24.0 Å². The molecule has 3 heterocycles. The van der Waals surface area contributed by atoms with Crippen molar-refractivity contribution in [2.24, 2.45) is 5.92 Å². The first-order valence-electron chi connectivity index (χ1n) is 13.0. The number of fused-ring (bicyclic) bond motifs is 3. The van der Waals surface area contributed by atoms with Crippen LogP contribution < -0.4 is 4.90 Å². The van der Waals surface area contributed by atoms with Gasteiger partial charge in [-0.2, -0.15) is 0 Å². The quantitative estimate of drug-likeness (QED) is 0.422. The normalized spacial score (nSPS) is 21.5. The van der Waals surface area contributed by atoms with Gasteiger partial charge in [0.2, 0.25) is 5.91 Å². The molecule has 2 amide bonds. The zero-order valence-corrected chi connectivity index (χ0v) is 22.2. The van der Waals surface area contributed by atoms with Gasteiger partial charge in [0.05, 0.1) is 23.5 Å². The molecule has 10 nitrogen and oxygen atoms in total. The Morgan fingerprint density at radius 2 is 1.74 bits per heavy atom. The minimum Gasteiger partial charge on any atom is -0.450 e. The van der Waals surface area contributed by atoms with Gasteiger partial charge in [0.15, 0.2) is 0 Å². The van der Waals surface area contributed by atoms with Gasteiger partial charge in [0.25, 0.3) is 5.69 Å². The Balaban J connectivity index is 1.37. The van der Waals surface area contributed by atoms with Gasteiger partial charge in [-0.05, 0) is 42.7 Å². The van der Waals surface area contributed by atoms with E-state index in [2.05, 4.69) is 9.80 Å². The second-order valence-electron chi connectivity index (χ2n) is 10.0. The summed E-state index contributed by atoms with van der Waals surface area (Å²) in [4.78, 5) is 45.2. The van der Waals surface area contributed by atoms with Crippen LogP contribution >= 0.6 is 11.6 Å². The van der Waals surface area contributed by atoms with E-state index < -0.39 is 0 Å².